The molecule has 1 aromatic carbocycles. The quantitative estimate of drug-likeness (QED) is 0.920. The lowest BCUT2D eigenvalue weighted by atomic mass is 9.84. The fourth-order valence-corrected chi connectivity index (χ4v) is 2.16. The first kappa shape index (κ1) is 15.0. The monoisotopic (exact) mass is 293 g/mol. The average Bonchev–Trinajstić information content (AvgIpc) is 2.87. The first-order chi connectivity index (χ1) is 9.43. The standard InChI is InChI=1S/C15H20ClN3O/c1-10(17-4)8-13-18-14(20-19-13)15(2,3)11-6-5-7-12(16)9-11/h5-7,9-10,17H,8H2,1-4H3. The molecule has 4 nitrogen and oxygen atoms in total. The van der Waals surface area contributed by atoms with E-state index in [-0.39, 0.29) is 5.41 Å². The molecule has 2 rings (SSSR count). The fourth-order valence-electron chi connectivity index (χ4n) is 1.97. The van der Waals surface area contributed by atoms with E-state index in [0.717, 1.165) is 17.8 Å². The first-order valence-electron chi connectivity index (χ1n) is 6.70. The highest BCUT2D eigenvalue weighted by Crippen LogP contribution is 2.31. The lowest BCUT2D eigenvalue weighted by Crippen LogP contribution is -2.24. The lowest BCUT2D eigenvalue weighted by Gasteiger charge is -2.20. The Hall–Kier alpha value is -1.39. The second-order valence-corrected chi connectivity index (χ2v) is 5.98. The summed E-state index contributed by atoms with van der Waals surface area (Å²) in [5, 5.41) is 7.93. The Labute approximate surface area is 124 Å². The second-order valence-electron chi connectivity index (χ2n) is 5.54. The predicted molar refractivity (Wildman–Crippen MR) is 80.1 cm³/mol. The molecule has 1 N–H and O–H groups in total. The number of nitrogens with zero attached hydrogens (tertiary/aromatic N) is 2. The third kappa shape index (κ3) is 3.19. The molecule has 1 atom stereocenters. The molecule has 0 radical (unpaired) electrons. The van der Waals surface area contributed by atoms with Crippen molar-refractivity contribution in [2.75, 3.05) is 7.05 Å². The minimum absolute atomic E-state index is 0.315. The summed E-state index contributed by atoms with van der Waals surface area (Å²) >= 11 is 6.06. The van der Waals surface area contributed by atoms with Gasteiger partial charge in [0.25, 0.3) is 0 Å². The van der Waals surface area contributed by atoms with Crippen molar-refractivity contribution in [2.45, 2.75) is 38.6 Å². The van der Waals surface area contributed by atoms with Gasteiger partial charge in [0.1, 0.15) is 0 Å². The Bertz CT molecular complexity index is 580. The Balaban J connectivity index is 2.26. The van der Waals surface area contributed by atoms with E-state index in [0.29, 0.717) is 17.0 Å². The topological polar surface area (TPSA) is 51.0 Å². The molecule has 5 heteroatoms. The molecule has 0 fully saturated rings. The number of halogens is 1. The van der Waals surface area contributed by atoms with E-state index in [4.69, 9.17) is 16.1 Å². The zero-order valence-electron chi connectivity index (χ0n) is 12.3. The molecule has 20 heavy (non-hydrogen) atoms. The molecule has 0 saturated heterocycles. The van der Waals surface area contributed by atoms with Crippen molar-refractivity contribution in [3.8, 4) is 0 Å². The molecule has 0 aliphatic heterocycles. The molecule has 0 aliphatic rings. The van der Waals surface area contributed by atoms with Crippen LogP contribution in [-0.2, 0) is 11.8 Å². The molecule has 0 saturated carbocycles. The Kier molecular flexibility index (Phi) is 4.45. The van der Waals surface area contributed by atoms with E-state index < -0.39 is 0 Å². The van der Waals surface area contributed by atoms with Gasteiger partial charge in [0.15, 0.2) is 5.82 Å². The van der Waals surface area contributed by atoms with E-state index >= 15 is 0 Å². The van der Waals surface area contributed by atoms with Crippen LogP contribution in [0.15, 0.2) is 28.8 Å². The van der Waals surface area contributed by atoms with Crippen molar-refractivity contribution in [1.82, 2.24) is 15.5 Å². The van der Waals surface area contributed by atoms with Crippen LogP contribution in [0.4, 0.5) is 0 Å². The molecule has 1 aromatic heterocycles. The Morgan fingerprint density at radius 1 is 1.40 bits per heavy atom. The highest BCUT2D eigenvalue weighted by Gasteiger charge is 2.30. The summed E-state index contributed by atoms with van der Waals surface area (Å²) in [4.78, 5) is 4.52. The smallest absolute Gasteiger partial charge is 0.236 e. The fraction of sp³-hybridized carbons (Fsp3) is 0.467. The minimum Gasteiger partial charge on any atom is -0.338 e. The molecule has 2 aromatic rings. The third-order valence-electron chi connectivity index (χ3n) is 3.53. The third-order valence-corrected chi connectivity index (χ3v) is 3.77. The summed E-state index contributed by atoms with van der Waals surface area (Å²) in [5.74, 6) is 1.33. The molecule has 1 unspecified atom stereocenters. The van der Waals surface area contributed by atoms with Crippen LogP contribution in [0, 0.1) is 0 Å². The van der Waals surface area contributed by atoms with Gasteiger partial charge >= 0.3 is 0 Å². The van der Waals surface area contributed by atoms with Gasteiger partial charge in [0.2, 0.25) is 5.89 Å². The predicted octanol–water partition coefficient (Wildman–Crippen LogP) is 3.20. The summed E-state index contributed by atoms with van der Waals surface area (Å²) in [6.07, 6.45) is 0.742. The van der Waals surface area contributed by atoms with Crippen molar-refractivity contribution in [3.63, 3.8) is 0 Å². The molecule has 108 valence electrons. The number of hydrogen-bond acceptors (Lipinski definition) is 4. The van der Waals surface area contributed by atoms with Crippen molar-refractivity contribution in [1.29, 1.82) is 0 Å². The number of rotatable bonds is 5. The first-order valence-corrected chi connectivity index (χ1v) is 7.07. The van der Waals surface area contributed by atoms with Crippen molar-refractivity contribution >= 4 is 11.6 Å². The van der Waals surface area contributed by atoms with Gasteiger partial charge < -0.3 is 9.84 Å². The Morgan fingerprint density at radius 3 is 2.80 bits per heavy atom. The van der Waals surface area contributed by atoms with Crippen LogP contribution in [0.5, 0.6) is 0 Å². The van der Waals surface area contributed by atoms with Crippen molar-refractivity contribution in [3.05, 3.63) is 46.6 Å². The van der Waals surface area contributed by atoms with Gasteiger partial charge in [0.05, 0.1) is 5.41 Å². The maximum atomic E-state index is 6.06. The van der Waals surface area contributed by atoms with Crippen LogP contribution in [0.2, 0.25) is 5.02 Å². The zero-order valence-corrected chi connectivity index (χ0v) is 13.0. The largest absolute Gasteiger partial charge is 0.338 e. The molecule has 0 spiro atoms. The van der Waals surface area contributed by atoms with Crippen molar-refractivity contribution in [2.24, 2.45) is 0 Å². The molecule has 0 bridgehead atoms. The highest BCUT2D eigenvalue weighted by molar-refractivity contribution is 6.30. The van der Waals surface area contributed by atoms with Crippen molar-refractivity contribution < 1.29 is 4.52 Å². The van der Waals surface area contributed by atoms with Gasteiger partial charge in [-0.1, -0.05) is 28.9 Å². The molecular weight excluding hydrogens is 274 g/mol. The maximum absolute atomic E-state index is 6.06. The van der Waals surface area contributed by atoms with Gasteiger partial charge in [0, 0.05) is 17.5 Å². The number of aromatic nitrogens is 2. The maximum Gasteiger partial charge on any atom is 0.236 e. The van der Waals surface area contributed by atoms with Gasteiger partial charge in [-0.3, -0.25) is 0 Å². The average molecular weight is 294 g/mol. The Morgan fingerprint density at radius 2 is 2.15 bits per heavy atom. The van der Waals surface area contributed by atoms with Crippen LogP contribution in [0.1, 0.15) is 38.0 Å². The molecule has 0 amide bonds. The van der Waals surface area contributed by atoms with Crippen LogP contribution < -0.4 is 5.32 Å². The summed E-state index contributed by atoms with van der Waals surface area (Å²) < 4.78 is 5.44. The molecule has 1 heterocycles. The lowest BCUT2D eigenvalue weighted by molar-refractivity contribution is 0.329. The minimum atomic E-state index is -0.362. The number of likely N-dealkylation sites (N-methyl/N-ethyl adjacent to an activating group) is 1. The van der Waals surface area contributed by atoms with Gasteiger partial charge in [-0.05, 0) is 45.5 Å². The van der Waals surface area contributed by atoms with Gasteiger partial charge in [-0.2, -0.15) is 4.98 Å². The number of hydrogen-bond donors (Lipinski definition) is 1. The van der Waals surface area contributed by atoms with E-state index in [9.17, 15) is 0 Å². The van der Waals surface area contributed by atoms with Crippen LogP contribution >= 0.6 is 11.6 Å². The molecular formula is C15H20ClN3O. The van der Waals surface area contributed by atoms with Crippen LogP contribution in [-0.4, -0.2) is 23.2 Å². The summed E-state index contributed by atoms with van der Waals surface area (Å²) in [7, 11) is 1.92. The van der Waals surface area contributed by atoms with E-state index in [1.54, 1.807) is 0 Å². The SMILES string of the molecule is CNC(C)Cc1noc(C(C)(C)c2cccc(Cl)c2)n1. The van der Waals surface area contributed by atoms with E-state index in [2.05, 4.69) is 36.2 Å². The number of nitrogens with one attached hydrogen (secondary N) is 1. The van der Waals surface area contributed by atoms with Gasteiger partial charge in [-0.25, -0.2) is 0 Å². The second kappa shape index (κ2) is 5.94. The van der Waals surface area contributed by atoms with E-state index in [1.807, 2.05) is 31.3 Å². The molecule has 0 aliphatic carbocycles. The van der Waals surface area contributed by atoms with Gasteiger partial charge in [-0.15, -0.1) is 0 Å². The summed E-state index contributed by atoms with van der Waals surface area (Å²) in [6, 6.07) is 8.05. The summed E-state index contributed by atoms with van der Waals surface area (Å²) in [5.41, 5.74) is 0.695. The highest BCUT2D eigenvalue weighted by atomic mass is 35.5. The van der Waals surface area contributed by atoms with E-state index in [1.165, 1.54) is 0 Å². The summed E-state index contributed by atoms with van der Waals surface area (Å²) in [6.45, 7) is 6.19. The number of benzene rings is 1. The van der Waals surface area contributed by atoms with Crippen LogP contribution in [0.25, 0.3) is 0 Å². The normalized spacial score (nSPS) is 13.4. The zero-order chi connectivity index (χ0) is 14.8. The van der Waals surface area contributed by atoms with Crippen LogP contribution in [0.3, 0.4) is 0 Å².